The monoisotopic (exact) mass is 428 g/mol. The van der Waals surface area contributed by atoms with Crippen LogP contribution in [0.3, 0.4) is 0 Å². The van der Waals surface area contributed by atoms with Crippen molar-refractivity contribution in [1.29, 1.82) is 0 Å². The Balaban J connectivity index is 1.84. The highest BCUT2D eigenvalue weighted by atomic mass is 32.2. The molecule has 0 radical (unpaired) electrons. The number of aryl methyl sites for hydroxylation is 1. The van der Waals surface area contributed by atoms with Gasteiger partial charge < -0.3 is 20.4 Å². The fourth-order valence-electron chi connectivity index (χ4n) is 2.49. The molecule has 2 rings (SSSR count). The Hall–Kier alpha value is -0.550. The molecule has 0 aliphatic carbocycles. The molecule has 0 amide bonds. The van der Waals surface area contributed by atoms with Crippen LogP contribution >= 0.6 is 27.4 Å². The first-order valence-corrected chi connectivity index (χ1v) is 11.7. The normalized spacial score (nSPS) is 23.9. The molecule has 148 valence electrons. The summed E-state index contributed by atoms with van der Waals surface area (Å²) in [5, 5.41) is 0.109. The number of phosphoric acid groups is 2. The van der Waals surface area contributed by atoms with Crippen molar-refractivity contribution in [2.24, 2.45) is 0 Å². The third kappa shape index (κ3) is 6.56. The number of rotatable bonds is 8. The highest BCUT2D eigenvalue weighted by Gasteiger charge is 2.35. The van der Waals surface area contributed by atoms with Crippen LogP contribution in [0.1, 0.15) is 24.7 Å². The first kappa shape index (κ1) is 21.7. The lowest BCUT2D eigenvalue weighted by atomic mass is 10.1. The quantitative estimate of drug-likeness (QED) is 0.438. The van der Waals surface area contributed by atoms with Crippen molar-refractivity contribution < 1.29 is 32.6 Å². The van der Waals surface area contributed by atoms with Crippen LogP contribution in [0.4, 0.5) is 5.82 Å². The minimum Gasteiger partial charge on any atom is -0.383 e. The zero-order valence-corrected chi connectivity index (χ0v) is 16.9. The number of hydrogen-bond donors (Lipinski definition) is 4. The number of phosphoric ester groups is 1. The van der Waals surface area contributed by atoms with Crippen LogP contribution in [0.25, 0.3) is 0 Å². The summed E-state index contributed by atoms with van der Waals surface area (Å²) in [6.07, 6.45) is 2.12. The van der Waals surface area contributed by atoms with Crippen molar-refractivity contribution in [3.8, 4) is 0 Å². The molecule has 0 bridgehead atoms. The molecule has 0 spiro atoms. The molecule has 5 N–H and O–H groups in total. The van der Waals surface area contributed by atoms with E-state index in [4.69, 9.17) is 15.5 Å². The summed E-state index contributed by atoms with van der Waals surface area (Å²) in [5.41, 5.74) is 6.75. The molecule has 1 saturated heterocycles. The Morgan fingerprint density at radius 3 is 2.73 bits per heavy atom. The summed E-state index contributed by atoms with van der Waals surface area (Å²) >= 11 is 1.65. The van der Waals surface area contributed by atoms with E-state index in [1.807, 2.05) is 6.92 Å². The molecule has 1 aliphatic heterocycles. The van der Waals surface area contributed by atoms with Crippen molar-refractivity contribution in [3.63, 3.8) is 0 Å². The minimum atomic E-state index is -5.10. The maximum atomic E-state index is 11.4. The topological polar surface area (TPSA) is 168 Å². The summed E-state index contributed by atoms with van der Waals surface area (Å²) in [6, 6.07) is 0.130. The smallest absolute Gasteiger partial charge is 0.383 e. The van der Waals surface area contributed by atoms with E-state index >= 15 is 0 Å². The molecular weight excluding hydrogens is 406 g/mol. The summed E-state index contributed by atoms with van der Waals surface area (Å²) in [7, 11) is -9.89. The van der Waals surface area contributed by atoms with Gasteiger partial charge in [0.1, 0.15) is 11.6 Å². The second kappa shape index (κ2) is 8.64. The highest BCUT2D eigenvalue weighted by Crippen LogP contribution is 2.57. The Bertz CT molecular complexity index is 734. The third-order valence-corrected chi connectivity index (χ3v) is 7.55. The minimum absolute atomic E-state index is 0.109. The van der Waals surface area contributed by atoms with Gasteiger partial charge in [-0.2, -0.15) is 4.31 Å². The van der Waals surface area contributed by atoms with Gasteiger partial charge >= 0.3 is 15.6 Å². The standard InChI is InChI=1S/C12H22N4O7P2S/c1-8-11(3-4-22-25(20,21)23-24(17,18)19)26-7-16(8)6-10-5-14-9(2)15-12(10)13/h5,8,11H,3-4,6-7H2,1-2H3,(H,20,21)(H2,13,14,15)(H2,17,18,19)/t8?,11-/m0/s1. The molecule has 1 aliphatic rings. The SMILES string of the molecule is Cc1ncc(CN2CS[C@@H](CCOP(=O)(O)OP(=O)(O)O)C2C)c(N)n1. The van der Waals surface area contributed by atoms with E-state index in [9.17, 15) is 14.0 Å². The number of hydrogen-bond acceptors (Lipinski definition) is 9. The van der Waals surface area contributed by atoms with Gasteiger partial charge in [0.25, 0.3) is 0 Å². The second-order valence-electron chi connectivity index (χ2n) is 5.81. The number of anilines is 1. The fraction of sp³-hybridized carbons (Fsp3) is 0.667. The van der Waals surface area contributed by atoms with Crippen LogP contribution in [0.5, 0.6) is 0 Å². The van der Waals surface area contributed by atoms with E-state index in [0.29, 0.717) is 24.6 Å². The molecular formula is C12H22N4O7P2S. The predicted octanol–water partition coefficient (Wildman–Crippen LogP) is 1.25. The van der Waals surface area contributed by atoms with E-state index in [0.717, 1.165) is 11.4 Å². The molecule has 3 atom stereocenters. The van der Waals surface area contributed by atoms with Gasteiger partial charge in [0.2, 0.25) is 0 Å². The van der Waals surface area contributed by atoms with E-state index in [1.54, 1.807) is 24.9 Å². The maximum Gasteiger partial charge on any atom is 0.481 e. The Morgan fingerprint density at radius 2 is 2.12 bits per heavy atom. The number of nitrogens with zero attached hydrogens (tertiary/aromatic N) is 3. The number of nitrogens with two attached hydrogens (primary N) is 1. The van der Waals surface area contributed by atoms with E-state index in [1.165, 1.54) is 0 Å². The average molecular weight is 428 g/mol. The van der Waals surface area contributed by atoms with Crippen LogP contribution in [-0.4, -0.2) is 53.3 Å². The van der Waals surface area contributed by atoms with Gasteiger partial charge in [-0.3, -0.25) is 9.42 Å². The van der Waals surface area contributed by atoms with Gasteiger partial charge in [-0.25, -0.2) is 19.1 Å². The van der Waals surface area contributed by atoms with Gasteiger partial charge in [-0.15, -0.1) is 11.8 Å². The zero-order valence-electron chi connectivity index (χ0n) is 14.3. The van der Waals surface area contributed by atoms with Crippen LogP contribution in [0.15, 0.2) is 6.20 Å². The van der Waals surface area contributed by atoms with Crippen LogP contribution in [-0.2, 0) is 24.5 Å². The first-order chi connectivity index (χ1) is 12.0. The highest BCUT2D eigenvalue weighted by molar-refractivity contribution is 8.00. The van der Waals surface area contributed by atoms with Gasteiger partial charge in [-0.05, 0) is 20.3 Å². The zero-order chi connectivity index (χ0) is 19.5. The number of aromatic nitrogens is 2. The predicted molar refractivity (Wildman–Crippen MR) is 96.0 cm³/mol. The third-order valence-electron chi connectivity index (χ3n) is 3.83. The van der Waals surface area contributed by atoms with Crippen molar-refractivity contribution in [2.45, 2.75) is 38.1 Å². The molecule has 1 aromatic heterocycles. The molecule has 1 fully saturated rings. The molecule has 11 nitrogen and oxygen atoms in total. The van der Waals surface area contributed by atoms with Crippen molar-refractivity contribution >= 4 is 33.2 Å². The lowest BCUT2D eigenvalue weighted by Crippen LogP contribution is -2.32. The van der Waals surface area contributed by atoms with Gasteiger partial charge in [0, 0.05) is 35.5 Å². The molecule has 26 heavy (non-hydrogen) atoms. The maximum absolute atomic E-state index is 11.4. The summed E-state index contributed by atoms with van der Waals surface area (Å²) in [6.45, 7) is 4.19. The molecule has 2 heterocycles. The Labute approximate surface area is 155 Å². The fourth-order valence-corrected chi connectivity index (χ4v) is 5.52. The Morgan fingerprint density at radius 1 is 1.42 bits per heavy atom. The van der Waals surface area contributed by atoms with Crippen molar-refractivity contribution in [3.05, 3.63) is 17.6 Å². The van der Waals surface area contributed by atoms with Crippen LogP contribution in [0.2, 0.25) is 0 Å². The van der Waals surface area contributed by atoms with Crippen molar-refractivity contribution in [1.82, 2.24) is 14.9 Å². The van der Waals surface area contributed by atoms with E-state index in [-0.39, 0.29) is 17.9 Å². The summed E-state index contributed by atoms with van der Waals surface area (Å²) in [4.78, 5) is 36.9. The number of nitrogen functional groups attached to an aromatic ring is 1. The van der Waals surface area contributed by atoms with E-state index < -0.39 is 15.6 Å². The van der Waals surface area contributed by atoms with Crippen molar-refractivity contribution in [2.75, 3.05) is 18.2 Å². The van der Waals surface area contributed by atoms with Crippen LogP contribution < -0.4 is 5.73 Å². The average Bonchev–Trinajstić information content (AvgIpc) is 2.80. The summed E-state index contributed by atoms with van der Waals surface area (Å²) < 4.78 is 30.4. The van der Waals surface area contributed by atoms with Gasteiger partial charge in [0.15, 0.2) is 0 Å². The second-order valence-corrected chi connectivity index (χ2v) is 9.84. The van der Waals surface area contributed by atoms with Crippen LogP contribution in [0, 0.1) is 6.92 Å². The molecule has 0 saturated carbocycles. The lowest BCUT2D eigenvalue weighted by Gasteiger charge is -2.24. The lowest BCUT2D eigenvalue weighted by molar-refractivity contribution is 0.171. The molecule has 1 aromatic rings. The Kier molecular flexibility index (Phi) is 7.23. The van der Waals surface area contributed by atoms with Gasteiger partial charge in [-0.1, -0.05) is 0 Å². The number of thioether (sulfide) groups is 1. The van der Waals surface area contributed by atoms with Gasteiger partial charge in [0.05, 0.1) is 6.61 Å². The molecule has 0 aromatic carbocycles. The molecule has 14 heteroatoms. The summed E-state index contributed by atoms with van der Waals surface area (Å²) in [5.74, 6) is 1.78. The first-order valence-electron chi connectivity index (χ1n) is 7.65. The largest absolute Gasteiger partial charge is 0.481 e. The molecule has 2 unspecified atom stereocenters. The van der Waals surface area contributed by atoms with E-state index in [2.05, 4.69) is 23.7 Å².